The first-order chi connectivity index (χ1) is 4.55. The zero-order chi connectivity index (χ0) is 7.52. The van der Waals surface area contributed by atoms with Crippen molar-refractivity contribution >= 4 is 47.8 Å². The highest BCUT2D eigenvalue weighted by molar-refractivity contribution is 9.25. The van der Waals surface area contributed by atoms with Crippen LogP contribution in [-0.4, -0.2) is 19.3 Å². The number of aliphatic hydroxyl groups is 1. The fraction of sp³-hybridized carbons (Fsp3) is 1.00. The molecule has 0 amide bonds. The van der Waals surface area contributed by atoms with Gasteiger partial charge in [0, 0.05) is 10.7 Å². The normalized spacial score (nSPS) is 56.4. The average Bonchev–Trinajstić information content (AvgIpc) is 2.12. The number of halogens is 3. The molecule has 0 aromatic heterocycles. The zero-order valence-corrected chi connectivity index (χ0v) is 9.86. The molecule has 0 aromatic rings. The van der Waals surface area contributed by atoms with Gasteiger partial charge in [0.1, 0.15) is 0 Å². The molecule has 4 atom stereocenters. The summed E-state index contributed by atoms with van der Waals surface area (Å²) < 4.78 is 0.0592. The van der Waals surface area contributed by atoms with E-state index in [0.717, 1.165) is 6.42 Å². The van der Waals surface area contributed by atoms with Gasteiger partial charge in [-0.15, -0.1) is 0 Å². The van der Waals surface area contributed by atoms with E-state index >= 15 is 0 Å². The molecule has 4 heteroatoms. The minimum atomic E-state index is -0.177. The van der Waals surface area contributed by atoms with Crippen molar-refractivity contribution in [3.05, 3.63) is 0 Å². The maximum atomic E-state index is 9.54. The molecular weight excluding hydrogens is 328 g/mol. The second-order valence-corrected chi connectivity index (χ2v) is 7.91. The SMILES string of the molecule is O[C@@H]1[C@H]2[C@@H](C[C@H]1Br)C2(Br)Br. The number of fused-ring (bicyclic) bond motifs is 1. The minimum Gasteiger partial charge on any atom is -0.392 e. The van der Waals surface area contributed by atoms with Crippen LogP contribution in [-0.2, 0) is 0 Å². The standard InChI is InChI=1S/C6H7Br3O/c7-3-1-2-4(5(3)10)6(2,8)9/h2-5,10H,1H2/t2-,3-,4-,5+/m1/s1. The van der Waals surface area contributed by atoms with Crippen LogP contribution in [0.15, 0.2) is 0 Å². The molecule has 2 saturated carbocycles. The van der Waals surface area contributed by atoms with Gasteiger partial charge in [-0.25, -0.2) is 0 Å². The van der Waals surface area contributed by atoms with Crippen molar-refractivity contribution in [2.75, 3.05) is 0 Å². The largest absolute Gasteiger partial charge is 0.392 e. The van der Waals surface area contributed by atoms with E-state index in [2.05, 4.69) is 47.8 Å². The van der Waals surface area contributed by atoms with E-state index in [1.54, 1.807) is 0 Å². The van der Waals surface area contributed by atoms with Crippen LogP contribution in [0.4, 0.5) is 0 Å². The summed E-state index contributed by atoms with van der Waals surface area (Å²) in [5, 5.41) is 9.54. The first-order valence-electron chi connectivity index (χ1n) is 3.25. The average molecular weight is 335 g/mol. The zero-order valence-electron chi connectivity index (χ0n) is 5.10. The Kier molecular flexibility index (Phi) is 1.77. The Bertz CT molecular complexity index is 168. The molecule has 2 aliphatic rings. The summed E-state index contributed by atoms with van der Waals surface area (Å²) in [5.74, 6) is 1.03. The van der Waals surface area contributed by atoms with Crippen LogP contribution in [0.2, 0.25) is 0 Å². The topological polar surface area (TPSA) is 20.2 Å². The van der Waals surface area contributed by atoms with Gasteiger partial charge in [0.25, 0.3) is 0 Å². The molecule has 0 bridgehead atoms. The lowest BCUT2D eigenvalue weighted by Crippen LogP contribution is -2.22. The van der Waals surface area contributed by atoms with Crippen molar-refractivity contribution in [3.8, 4) is 0 Å². The van der Waals surface area contributed by atoms with Gasteiger partial charge in [0.05, 0.1) is 9.34 Å². The first-order valence-corrected chi connectivity index (χ1v) is 5.75. The molecular formula is C6H7Br3O. The summed E-state index contributed by atoms with van der Waals surface area (Å²) in [5.41, 5.74) is 0. The van der Waals surface area contributed by atoms with E-state index in [1.165, 1.54) is 0 Å². The molecule has 0 aromatic carbocycles. The molecule has 0 unspecified atom stereocenters. The van der Waals surface area contributed by atoms with Gasteiger partial charge in [-0.1, -0.05) is 47.8 Å². The van der Waals surface area contributed by atoms with Crippen molar-refractivity contribution in [3.63, 3.8) is 0 Å². The predicted octanol–water partition coefficient (Wildman–Crippen LogP) is 2.25. The van der Waals surface area contributed by atoms with Gasteiger partial charge in [-0.3, -0.25) is 0 Å². The lowest BCUT2D eigenvalue weighted by molar-refractivity contribution is 0.166. The monoisotopic (exact) mass is 332 g/mol. The van der Waals surface area contributed by atoms with Gasteiger partial charge >= 0.3 is 0 Å². The van der Waals surface area contributed by atoms with E-state index in [0.29, 0.717) is 16.7 Å². The second-order valence-electron chi connectivity index (χ2n) is 3.05. The summed E-state index contributed by atoms with van der Waals surface area (Å²) in [7, 11) is 0. The van der Waals surface area contributed by atoms with Crippen molar-refractivity contribution in [1.82, 2.24) is 0 Å². The molecule has 0 heterocycles. The van der Waals surface area contributed by atoms with E-state index in [1.807, 2.05) is 0 Å². The quantitative estimate of drug-likeness (QED) is 0.674. The van der Waals surface area contributed by atoms with Crippen molar-refractivity contribution < 1.29 is 5.11 Å². The first kappa shape index (κ1) is 8.02. The van der Waals surface area contributed by atoms with Crippen molar-refractivity contribution in [1.29, 1.82) is 0 Å². The Labute approximate surface area is 84.9 Å². The summed E-state index contributed by atoms with van der Waals surface area (Å²) in [4.78, 5) is 0.311. The molecule has 58 valence electrons. The minimum absolute atomic E-state index is 0.0592. The van der Waals surface area contributed by atoms with Crippen LogP contribution < -0.4 is 0 Å². The summed E-state index contributed by atoms with van der Waals surface area (Å²) in [6, 6.07) is 0. The molecule has 1 nitrogen and oxygen atoms in total. The number of alkyl halides is 3. The maximum Gasteiger partial charge on any atom is 0.0894 e. The van der Waals surface area contributed by atoms with Crippen molar-refractivity contribution in [2.45, 2.75) is 20.6 Å². The van der Waals surface area contributed by atoms with Crippen LogP contribution >= 0.6 is 47.8 Å². The summed E-state index contributed by atoms with van der Waals surface area (Å²) in [6.45, 7) is 0. The van der Waals surface area contributed by atoms with Crippen LogP contribution in [0.25, 0.3) is 0 Å². The van der Waals surface area contributed by atoms with Crippen LogP contribution in [0, 0.1) is 11.8 Å². The van der Waals surface area contributed by atoms with Gasteiger partial charge in [0.15, 0.2) is 0 Å². The van der Waals surface area contributed by atoms with Gasteiger partial charge in [0.2, 0.25) is 0 Å². The lowest BCUT2D eigenvalue weighted by atomic mass is 10.2. The predicted molar refractivity (Wildman–Crippen MR) is 50.9 cm³/mol. The highest BCUT2D eigenvalue weighted by Gasteiger charge is 2.69. The van der Waals surface area contributed by atoms with E-state index in [4.69, 9.17) is 0 Å². The third-order valence-electron chi connectivity index (χ3n) is 2.48. The highest BCUT2D eigenvalue weighted by Crippen LogP contribution is 2.70. The lowest BCUT2D eigenvalue weighted by Gasteiger charge is -2.14. The third kappa shape index (κ3) is 0.883. The Balaban J connectivity index is 2.13. The molecule has 0 aliphatic heterocycles. The number of hydrogen-bond donors (Lipinski definition) is 1. The number of rotatable bonds is 0. The van der Waals surface area contributed by atoms with Crippen LogP contribution in [0.3, 0.4) is 0 Å². The molecule has 2 rings (SSSR count). The van der Waals surface area contributed by atoms with E-state index in [9.17, 15) is 5.11 Å². The van der Waals surface area contributed by atoms with Gasteiger partial charge < -0.3 is 5.11 Å². The Morgan fingerprint density at radius 2 is 2.00 bits per heavy atom. The number of aliphatic hydroxyl groups excluding tert-OH is 1. The van der Waals surface area contributed by atoms with Gasteiger partial charge in [-0.05, 0) is 12.3 Å². The third-order valence-corrected chi connectivity index (χ3v) is 5.63. The van der Waals surface area contributed by atoms with Crippen LogP contribution in [0.5, 0.6) is 0 Å². The Morgan fingerprint density at radius 3 is 2.30 bits per heavy atom. The highest BCUT2D eigenvalue weighted by atomic mass is 79.9. The molecule has 2 aliphatic carbocycles. The second kappa shape index (κ2) is 2.21. The fourth-order valence-electron chi connectivity index (χ4n) is 1.79. The van der Waals surface area contributed by atoms with E-state index in [-0.39, 0.29) is 9.34 Å². The molecule has 0 saturated heterocycles. The Morgan fingerprint density at radius 1 is 1.40 bits per heavy atom. The molecule has 0 spiro atoms. The number of hydrogen-bond acceptors (Lipinski definition) is 1. The molecule has 0 radical (unpaired) electrons. The Hall–Kier alpha value is 1.40. The van der Waals surface area contributed by atoms with Gasteiger partial charge in [-0.2, -0.15) is 0 Å². The molecule has 10 heavy (non-hydrogen) atoms. The smallest absolute Gasteiger partial charge is 0.0894 e. The van der Waals surface area contributed by atoms with Crippen LogP contribution in [0.1, 0.15) is 6.42 Å². The van der Waals surface area contributed by atoms with Crippen molar-refractivity contribution in [2.24, 2.45) is 11.8 Å². The van der Waals surface area contributed by atoms with E-state index < -0.39 is 0 Å². The fourth-order valence-corrected chi connectivity index (χ4v) is 4.38. The summed E-state index contributed by atoms with van der Waals surface area (Å²) in [6.07, 6.45) is 0.895. The molecule has 2 fully saturated rings. The molecule has 1 N–H and O–H groups in total. The summed E-state index contributed by atoms with van der Waals surface area (Å²) >= 11 is 10.5. The maximum absolute atomic E-state index is 9.54.